The molecule has 0 saturated heterocycles. The van der Waals surface area contributed by atoms with E-state index in [2.05, 4.69) is 20.6 Å². The first-order valence-electron chi connectivity index (χ1n) is 4.43. The van der Waals surface area contributed by atoms with Crippen LogP contribution in [0.4, 0.5) is 5.82 Å². The van der Waals surface area contributed by atoms with Crippen molar-refractivity contribution >= 4 is 23.3 Å². The summed E-state index contributed by atoms with van der Waals surface area (Å²) in [7, 11) is 1.71. The fraction of sp³-hybridized carbons (Fsp3) is 0.444. The molecule has 0 fully saturated rings. The van der Waals surface area contributed by atoms with Crippen LogP contribution in [0, 0.1) is 0 Å². The van der Waals surface area contributed by atoms with Crippen LogP contribution in [0.25, 0.3) is 0 Å². The molecule has 0 aliphatic heterocycles. The Labute approximate surface area is 93.3 Å². The molecule has 1 aromatic rings. The second-order valence-corrected chi connectivity index (χ2v) is 3.94. The lowest BCUT2D eigenvalue weighted by Crippen LogP contribution is -2.48. The number of nitrogens with one attached hydrogen (secondary N) is 2. The van der Waals surface area contributed by atoms with Crippen molar-refractivity contribution in [3.63, 3.8) is 0 Å². The Hall–Kier alpha value is -1.20. The highest BCUT2D eigenvalue weighted by molar-refractivity contribution is 6.29. The third kappa shape index (κ3) is 3.14. The number of hydrogen-bond acceptors (Lipinski definition) is 4. The van der Waals surface area contributed by atoms with Gasteiger partial charge in [-0.05, 0) is 20.9 Å². The standard InChI is InChI=1S/C9H13ClN4O/c1-9(2,11-3)8(15)14-7-4-6(10)12-5-13-7/h4-5,11H,1-3H3,(H,12,13,14,15). The fourth-order valence-electron chi connectivity index (χ4n) is 0.788. The number of halogens is 1. The van der Waals surface area contributed by atoms with E-state index in [1.54, 1.807) is 20.9 Å². The lowest BCUT2D eigenvalue weighted by molar-refractivity contribution is -0.121. The van der Waals surface area contributed by atoms with E-state index in [4.69, 9.17) is 11.6 Å². The van der Waals surface area contributed by atoms with Gasteiger partial charge in [-0.25, -0.2) is 9.97 Å². The molecule has 5 nitrogen and oxygen atoms in total. The van der Waals surface area contributed by atoms with Crippen LogP contribution < -0.4 is 10.6 Å². The van der Waals surface area contributed by atoms with Crippen molar-refractivity contribution < 1.29 is 4.79 Å². The number of rotatable bonds is 3. The summed E-state index contributed by atoms with van der Waals surface area (Å²) < 4.78 is 0. The van der Waals surface area contributed by atoms with Crippen LogP contribution in [0.1, 0.15) is 13.8 Å². The minimum absolute atomic E-state index is 0.181. The molecular formula is C9H13ClN4O. The lowest BCUT2D eigenvalue weighted by Gasteiger charge is -2.22. The molecule has 0 saturated carbocycles. The van der Waals surface area contributed by atoms with Crippen LogP contribution in [0.2, 0.25) is 5.15 Å². The first kappa shape index (κ1) is 11.9. The van der Waals surface area contributed by atoms with Gasteiger partial charge in [-0.2, -0.15) is 0 Å². The molecule has 0 atom stereocenters. The van der Waals surface area contributed by atoms with E-state index in [1.165, 1.54) is 12.4 Å². The molecule has 0 radical (unpaired) electrons. The van der Waals surface area contributed by atoms with Crippen LogP contribution in [-0.2, 0) is 4.79 Å². The zero-order valence-corrected chi connectivity index (χ0v) is 9.59. The van der Waals surface area contributed by atoms with Gasteiger partial charge in [-0.3, -0.25) is 4.79 Å². The van der Waals surface area contributed by atoms with Gasteiger partial charge in [-0.15, -0.1) is 0 Å². The zero-order valence-electron chi connectivity index (χ0n) is 8.84. The third-order valence-corrected chi connectivity index (χ3v) is 2.27. The van der Waals surface area contributed by atoms with Crippen molar-refractivity contribution in [2.24, 2.45) is 0 Å². The number of likely N-dealkylation sites (N-methyl/N-ethyl adjacent to an activating group) is 1. The SMILES string of the molecule is CNC(C)(C)C(=O)Nc1cc(Cl)ncn1. The second kappa shape index (κ2) is 4.55. The molecular weight excluding hydrogens is 216 g/mol. The minimum atomic E-state index is -0.655. The van der Waals surface area contributed by atoms with Gasteiger partial charge in [0, 0.05) is 6.07 Å². The van der Waals surface area contributed by atoms with Crippen LogP contribution in [0.5, 0.6) is 0 Å². The normalized spacial score (nSPS) is 11.2. The molecule has 0 aliphatic carbocycles. The molecule has 0 aliphatic rings. The quantitative estimate of drug-likeness (QED) is 0.760. The number of amides is 1. The molecule has 1 heterocycles. The van der Waals surface area contributed by atoms with E-state index < -0.39 is 5.54 Å². The van der Waals surface area contributed by atoms with Gasteiger partial charge in [0.15, 0.2) is 0 Å². The van der Waals surface area contributed by atoms with Gasteiger partial charge in [-0.1, -0.05) is 11.6 Å². The molecule has 1 rings (SSSR count). The van der Waals surface area contributed by atoms with Gasteiger partial charge >= 0.3 is 0 Å². The largest absolute Gasteiger partial charge is 0.309 e. The first-order valence-corrected chi connectivity index (χ1v) is 4.81. The maximum atomic E-state index is 11.7. The van der Waals surface area contributed by atoms with E-state index in [1.807, 2.05) is 0 Å². The molecule has 6 heteroatoms. The van der Waals surface area contributed by atoms with E-state index in [9.17, 15) is 4.79 Å². The predicted octanol–water partition coefficient (Wildman–Crippen LogP) is 1.07. The summed E-state index contributed by atoms with van der Waals surface area (Å²) >= 11 is 5.66. The molecule has 0 bridgehead atoms. The summed E-state index contributed by atoms with van der Waals surface area (Å²) in [4.78, 5) is 19.3. The van der Waals surface area contributed by atoms with Gasteiger partial charge in [0.2, 0.25) is 5.91 Å². The van der Waals surface area contributed by atoms with E-state index in [0.29, 0.717) is 11.0 Å². The Morgan fingerprint density at radius 2 is 2.13 bits per heavy atom. The number of nitrogens with zero attached hydrogens (tertiary/aromatic N) is 2. The van der Waals surface area contributed by atoms with E-state index in [-0.39, 0.29) is 5.91 Å². The van der Waals surface area contributed by atoms with E-state index >= 15 is 0 Å². The zero-order chi connectivity index (χ0) is 11.5. The molecule has 15 heavy (non-hydrogen) atoms. The average Bonchev–Trinajstić information content (AvgIpc) is 2.17. The molecule has 0 spiro atoms. The van der Waals surface area contributed by atoms with Crippen molar-refractivity contribution in [3.8, 4) is 0 Å². The Bertz CT molecular complexity index is 367. The number of carbonyl (C=O) groups excluding carboxylic acids is 1. The predicted molar refractivity (Wildman–Crippen MR) is 58.8 cm³/mol. The average molecular weight is 229 g/mol. The van der Waals surface area contributed by atoms with Crippen molar-refractivity contribution in [1.82, 2.24) is 15.3 Å². The Morgan fingerprint density at radius 3 is 2.67 bits per heavy atom. The number of anilines is 1. The monoisotopic (exact) mass is 228 g/mol. The van der Waals surface area contributed by atoms with Crippen molar-refractivity contribution in [3.05, 3.63) is 17.5 Å². The maximum absolute atomic E-state index is 11.7. The van der Waals surface area contributed by atoms with Crippen LogP contribution in [-0.4, -0.2) is 28.5 Å². The number of hydrogen-bond donors (Lipinski definition) is 2. The topological polar surface area (TPSA) is 66.9 Å². The molecule has 2 N–H and O–H groups in total. The van der Waals surface area contributed by atoms with Gasteiger partial charge in [0.1, 0.15) is 17.3 Å². The summed E-state index contributed by atoms with van der Waals surface area (Å²) in [5.41, 5.74) is -0.655. The minimum Gasteiger partial charge on any atom is -0.309 e. The molecule has 0 aromatic carbocycles. The number of aromatic nitrogens is 2. The van der Waals surface area contributed by atoms with Crippen molar-refractivity contribution in [1.29, 1.82) is 0 Å². The molecule has 82 valence electrons. The van der Waals surface area contributed by atoms with Gasteiger partial charge in [0.05, 0.1) is 5.54 Å². The summed E-state index contributed by atoms with van der Waals surface area (Å²) in [6, 6.07) is 1.49. The van der Waals surface area contributed by atoms with Gasteiger partial charge < -0.3 is 10.6 Å². The van der Waals surface area contributed by atoms with Gasteiger partial charge in [0.25, 0.3) is 0 Å². The maximum Gasteiger partial charge on any atom is 0.245 e. The number of carbonyl (C=O) groups is 1. The van der Waals surface area contributed by atoms with E-state index in [0.717, 1.165) is 0 Å². The highest BCUT2D eigenvalue weighted by Crippen LogP contribution is 2.11. The third-order valence-electron chi connectivity index (χ3n) is 2.07. The highest BCUT2D eigenvalue weighted by atomic mass is 35.5. The lowest BCUT2D eigenvalue weighted by atomic mass is 10.1. The fourth-order valence-corrected chi connectivity index (χ4v) is 0.935. The Balaban J connectivity index is 2.75. The Kier molecular flexibility index (Phi) is 3.60. The van der Waals surface area contributed by atoms with Crippen molar-refractivity contribution in [2.75, 3.05) is 12.4 Å². The van der Waals surface area contributed by atoms with Crippen LogP contribution in [0.15, 0.2) is 12.4 Å². The Morgan fingerprint density at radius 1 is 1.47 bits per heavy atom. The van der Waals surface area contributed by atoms with Crippen LogP contribution >= 0.6 is 11.6 Å². The summed E-state index contributed by atoms with van der Waals surface area (Å²) in [6.07, 6.45) is 1.30. The molecule has 1 amide bonds. The molecule has 1 aromatic heterocycles. The molecule has 0 unspecified atom stereocenters. The summed E-state index contributed by atoms with van der Waals surface area (Å²) in [5, 5.41) is 5.82. The summed E-state index contributed by atoms with van der Waals surface area (Å²) in [6.45, 7) is 3.54. The van der Waals surface area contributed by atoms with Crippen LogP contribution in [0.3, 0.4) is 0 Å². The smallest absolute Gasteiger partial charge is 0.245 e. The summed E-state index contributed by atoms with van der Waals surface area (Å²) in [5.74, 6) is 0.211. The second-order valence-electron chi connectivity index (χ2n) is 3.56. The van der Waals surface area contributed by atoms with Crippen molar-refractivity contribution in [2.45, 2.75) is 19.4 Å². The highest BCUT2D eigenvalue weighted by Gasteiger charge is 2.25. The first-order chi connectivity index (χ1) is 6.95.